The number of carbonyl (C=O) groups excluding carboxylic acids is 1. The van der Waals surface area contributed by atoms with E-state index in [1.165, 1.54) is 0 Å². The molecule has 2 heterocycles. The van der Waals surface area contributed by atoms with E-state index in [0.29, 0.717) is 0 Å². The van der Waals surface area contributed by atoms with Gasteiger partial charge in [0, 0.05) is 6.54 Å². The zero-order valence-electron chi connectivity index (χ0n) is 6.50. The second-order valence-electron chi connectivity index (χ2n) is 2.99. The monoisotopic (exact) mass is 153 g/mol. The molecule has 0 bridgehead atoms. The summed E-state index contributed by atoms with van der Waals surface area (Å²) in [5, 5.41) is 3.90. The van der Waals surface area contributed by atoms with E-state index in [0.717, 1.165) is 25.2 Å². The third-order valence-electron chi connectivity index (χ3n) is 2.30. The molecule has 4 nitrogen and oxygen atoms in total. The second-order valence-corrected chi connectivity index (χ2v) is 2.99. The topological polar surface area (TPSA) is 44.7 Å². The average Bonchev–Trinajstić information content (AvgIpc) is 2.45. The Morgan fingerprint density at radius 3 is 3.27 bits per heavy atom. The normalized spacial score (nSPS) is 29.5. The Kier molecular flexibility index (Phi) is 1.34. The lowest BCUT2D eigenvalue weighted by Crippen LogP contribution is -2.48. The van der Waals surface area contributed by atoms with Crippen LogP contribution in [0, 0.1) is 0 Å². The molecule has 1 saturated heterocycles. The fraction of sp³-hybridized carbons (Fsp3) is 0.714. The van der Waals surface area contributed by atoms with Crippen LogP contribution in [-0.2, 0) is 4.79 Å². The van der Waals surface area contributed by atoms with E-state index in [1.807, 2.05) is 6.92 Å². The number of amidine groups is 1. The van der Waals surface area contributed by atoms with Crippen molar-refractivity contribution in [3.8, 4) is 0 Å². The van der Waals surface area contributed by atoms with E-state index < -0.39 is 0 Å². The van der Waals surface area contributed by atoms with Gasteiger partial charge in [-0.25, -0.2) is 5.43 Å². The summed E-state index contributed by atoms with van der Waals surface area (Å²) in [6, 6.07) is 0.0625. The number of hydrogen-bond acceptors (Lipinski definition) is 3. The van der Waals surface area contributed by atoms with E-state index in [4.69, 9.17) is 0 Å². The van der Waals surface area contributed by atoms with Gasteiger partial charge in [-0.05, 0) is 19.8 Å². The van der Waals surface area contributed by atoms with Crippen LogP contribution in [0.4, 0.5) is 0 Å². The molecule has 11 heavy (non-hydrogen) atoms. The van der Waals surface area contributed by atoms with E-state index in [9.17, 15) is 4.79 Å². The summed E-state index contributed by atoms with van der Waals surface area (Å²) in [4.78, 5) is 13.2. The Morgan fingerprint density at radius 1 is 1.73 bits per heavy atom. The summed E-state index contributed by atoms with van der Waals surface area (Å²) in [7, 11) is 0. The number of hydrogen-bond donors (Lipinski definition) is 1. The quantitative estimate of drug-likeness (QED) is 0.528. The van der Waals surface area contributed by atoms with Crippen molar-refractivity contribution in [3.05, 3.63) is 0 Å². The fourth-order valence-electron chi connectivity index (χ4n) is 1.70. The summed E-state index contributed by atoms with van der Waals surface area (Å²) in [5.41, 5.74) is 2.51. The molecule has 0 saturated carbocycles. The first-order chi connectivity index (χ1) is 5.29. The van der Waals surface area contributed by atoms with Gasteiger partial charge in [-0.3, -0.25) is 4.79 Å². The van der Waals surface area contributed by atoms with Crippen molar-refractivity contribution in [2.75, 3.05) is 6.54 Å². The highest BCUT2D eigenvalue weighted by molar-refractivity contribution is 5.93. The summed E-state index contributed by atoms with van der Waals surface area (Å²) >= 11 is 0. The SMILES string of the molecule is CC1=NNC(=O)[C@@H]2CCCN12. The molecule has 1 amide bonds. The number of carbonyl (C=O) groups is 1. The third-order valence-corrected chi connectivity index (χ3v) is 2.30. The Bertz CT molecular complexity index is 224. The van der Waals surface area contributed by atoms with Crippen LogP contribution < -0.4 is 5.43 Å². The minimum absolute atomic E-state index is 0.0492. The van der Waals surface area contributed by atoms with Crippen LogP contribution in [0.1, 0.15) is 19.8 Å². The number of nitrogens with one attached hydrogen (secondary N) is 1. The molecule has 60 valence electrons. The maximum absolute atomic E-state index is 11.2. The van der Waals surface area contributed by atoms with Crippen LogP contribution in [0.15, 0.2) is 5.10 Å². The van der Waals surface area contributed by atoms with Gasteiger partial charge >= 0.3 is 0 Å². The van der Waals surface area contributed by atoms with Crippen molar-refractivity contribution < 1.29 is 4.79 Å². The predicted octanol–water partition coefficient (Wildman–Crippen LogP) is -0.0860. The van der Waals surface area contributed by atoms with Crippen LogP contribution in [0.2, 0.25) is 0 Å². The lowest BCUT2D eigenvalue weighted by Gasteiger charge is -2.28. The van der Waals surface area contributed by atoms with Crippen molar-refractivity contribution in [1.29, 1.82) is 0 Å². The third kappa shape index (κ3) is 0.895. The summed E-state index contributed by atoms with van der Waals surface area (Å²) in [5.74, 6) is 0.986. The Labute approximate surface area is 65.3 Å². The minimum Gasteiger partial charge on any atom is -0.347 e. The van der Waals surface area contributed by atoms with Crippen molar-refractivity contribution >= 4 is 11.7 Å². The molecule has 2 aliphatic rings. The summed E-state index contributed by atoms with van der Waals surface area (Å²) in [6.07, 6.45) is 2.07. The molecule has 1 atom stereocenters. The first-order valence-corrected chi connectivity index (χ1v) is 3.90. The van der Waals surface area contributed by atoms with E-state index in [1.54, 1.807) is 0 Å². The number of fused-ring (bicyclic) bond motifs is 1. The van der Waals surface area contributed by atoms with Crippen LogP contribution in [0.3, 0.4) is 0 Å². The van der Waals surface area contributed by atoms with Crippen LogP contribution in [0.25, 0.3) is 0 Å². The van der Waals surface area contributed by atoms with Gasteiger partial charge in [0.15, 0.2) is 0 Å². The first-order valence-electron chi connectivity index (χ1n) is 3.90. The molecule has 2 rings (SSSR count). The lowest BCUT2D eigenvalue weighted by molar-refractivity contribution is -0.125. The molecule has 0 unspecified atom stereocenters. The maximum Gasteiger partial charge on any atom is 0.262 e. The Hall–Kier alpha value is -1.06. The zero-order chi connectivity index (χ0) is 7.84. The predicted molar refractivity (Wildman–Crippen MR) is 41.0 cm³/mol. The van der Waals surface area contributed by atoms with Crippen molar-refractivity contribution in [3.63, 3.8) is 0 Å². The van der Waals surface area contributed by atoms with Crippen molar-refractivity contribution in [2.45, 2.75) is 25.8 Å². The van der Waals surface area contributed by atoms with Crippen LogP contribution in [-0.4, -0.2) is 29.2 Å². The highest BCUT2D eigenvalue weighted by atomic mass is 16.2. The van der Waals surface area contributed by atoms with E-state index in [2.05, 4.69) is 15.4 Å². The molecule has 0 spiro atoms. The molecule has 0 aromatic carbocycles. The molecule has 0 aliphatic carbocycles. The highest BCUT2D eigenvalue weighted by Gasteiger charge is 2.33. The second kappa shape index (κ2) is 2.22. The van der Waals surface area contributed by atoms with Crippen molar-refractivity contribution in [2.24, 2.45) is 5.10 Å². The molecule has 0 radical (unpaired) electrons. The van der Waals surface area contributed by atoms with Crippen LogP contribution in [0.5, 0.6) is 0 Å². The minimum atomic E-state index is 0.0492. The Balaban J connectivity index is 2.27. The molecule has 0 aromatic rings. The largest absolute Gasteiger partial charge is 0.347 e. The van der Waals surface area contributed by atoms with Crippen LogP contribution >= 0.6 is 0 Å². The number of amides is 1. The lowest BCUT2D eigenvalue weighted by atomic mass is 10.2. The number of nitrogens with zero attached hydrogens (tertiary/aromatic N) is 2. The standard InChI is InChI=1S/C7H11N3O/c1-5-8-9-7(11)6-3-2-4-10(5)6/h6H,2-4H2,1H3,(H,9,11)/t6-/m0/s1. The number of hydrazone groups is 1. The Morgan fingerprint density at radius 2 is 2.55 bits per heavy atom. The molecule has 4 heteroatoms. The number of rotatable bonds is 0. The van der Waals surface area contributed by atoms with Gasteiger partial charge in [-0.2, -0.15) is 5.10 Å². The van der Waals surface area contributed by atoms with Gasteiger partial charge in [0.05, 0.1) is 0 Å². The maximum atomic E-state index is 11.2. The van der Waals surface area contributed by atoms with E-state index in [-0.39, 0.29) is 11.9 Å². The van der Waals surface area contributed by atoms with Crippen molar-refractivity contribution in [1.82, 2.24) is 10.3 Å². The fourth-order valence-corrected chi connectivity index (χ4v) is 1.70. The van der Waals surface area contributed by atoms with Gasteiger partial charge in [-0.1, -0.05) is 0 Å². The van der Waals surface area contributed by atoms with Gasteiger partial charge in [0.2, 0.25) is 0 Å². The molecule has 1 N–H and O–H groups in total. The van der Waals surface area contributed by atoms with Gasteiger partial charge in [0.25, 0.3) is 5.91 Å². The summed E-state index contributed by atoms with van der Waals surface area (Å²) in [6.45, 7) is 2.91. The summed E-state index contributed by atoms with van der Waals surface area (Å²) < 4.78 is 0. The van der Waals surface area contributed by atoms with E-state index >= 15 is 0 Å². The molecule has 1 fully saturated rings. The molecule has 0 aromatic heterocycles. The molecular formula is C7H11N3O. The first kappa shape index (κ1) is 6.64. The molecular weight excluding hydrogens is 142 g/mol. The van der Waals surface area contributed by atoms with Gasteiger partial charge in [0.1, 0.15) is 11.9 Å². The smallest absolute Gasteiger partial charge is 0.262 e. The average molecular weight is 153 g/mol. The zero-order valence-corrected chi connectivity index (χ0v) is 6.50. The highest BCUT2D eigenvalue weighted by Crippen LogP contribution is 2.19. The molecule has 2 aliphatic heterocycles. The van der Waals surface area contributed by atoms with Gasteiger partial charge in [-0.15, -0.1) is 0 Å². The van der Waals surface area contributed by atoms with Gasteiger partial charge < -0.3 is 4.90 Å².